The Morgan fingerprint density at radius 1 is 1.48 bits per heavy atom. The quantitative estimate of drug-likeness (QED) is 0.779. The fourth-order valence-corrected chi connectivity index (χ4v) is 2.86. The Morgan fingerprint density at radius 2 is 2.22 bits per heavy atom. The van der Waals surface area contributed by atoms with Gasteiger partial charge in [-0.25, -0.2) is 4.98 Å². The molecular weight excluding hydrogens is 338 g/mol. The molecule has 6 nitrogen and oxygen atoms in total. The molecule has 1 unspecified atom stereocenters. The lowest BCUT2D eigenvalue weighted by molar-refractivity contribution is -0.140. The molecule has 8 heteroatoms. The first-order valence-corrected chi connectivity index (χ1v) is 8.20. The topological polar surface area (TPSA) is 84.2 Å². The predicted molar refractivity (Wildman–Crippen MR) is 89.3 cm³/mol. The van der Waals surface area contributed by atoms with Crippen molar-refractivity contribution in [3.63, 3.8) is 0 Å². The zero-order chi connectivity index (χ0) is 17.0. The van der Waals surface area contributed by atoms with E-state index in [4.69, 9.17) is 16.7 Å². The fourth-order valence-electron chi connectivity index (χ4n) is 1.91. The zero-order valence-electron chi connectivity index (χ0n) is 12.6. The fraction of sp³-hybridized carbons (Fsp3) is 0.267. The van der Waals surface area contributed by atoms with Gasteiger partial charge < -0.3 is 10.4 Å². The molecule has 1 amide bonds. The maximum Gasteiger partial charge on any atom is 0.325 e. The zero-order valence-corrected chi connectivity index (χ0v) is 14.2. The Labute approximate surface area is 142 Å². The molecule has 0 aliphatic rings. The summed E-state index contributed by atoms with van der Waals surface area (Å²) < 4.78 is 1.85. The second-order valence-electron chi connectivity index (χ2n) is 4.88. The molecule has 0 spiro atoms. The number of imidazole rings is 1. The van der Waals surface area contributed by atoms with Gasteiger partial charge in [0, 0.05) is 17.4 Å². The van der Waals surface area contributed by atoms with Crippen molar-refractivity contribution < 1.29 is 14.7 Å². The Bertz CT molecular complexity index is 733. The average molecular weight is 354 g/mol. The number of thioether (sulfide) groups is 1. The molecule has 2 rings (SSSR count). The number of carboxylic acid groups (broad SMARTS) is 1. The third-order valence-corrected chi connectivity index (χ3v) is 4.56. The Morgan fingerprint density at radius 3 is 2.91 bits per heavy atom. The van der Waals surface area contributed by atoms with Gasteiger partial charge in [0.2, 0.25) is 5.91 Å². The Kier molecular flexibility index (Phi) is 5.68. The molecule has 0 saturated heterocycles. The first kappa shape index (κ1) is 17.4. The van der Waals surface area contributed by atoms with Gasteiger partial charge in [-0.2, -0.15) is 0 Å². The van der Waals surface area contributed by atoms with Crippen molar-refractivity contribution in [3.05, 3.63) is 41.2 Å². The molecule has 1 atom stereocenters. The van der Waals surface area contributed by atoms with E-state index >= 15 is 0 Å². The third kappa shape index (κ3) is 4.27. The van der Waals surface area contributed by atoms with Crippen LogP contribution in [0.2, 0.25) is 5.02 Å². The van der Waals surface area contributed by atoms with E-state index < -0.39 is 12.0 Å². The number of carbonyl (C=O) groups is 2. The van der Waals surface area contributed by atoms with Gasteiger partial charge in [-0.05, 0) is 31.5 Å². The van der Waals surface area contributed by atoms with Gasteiger partial charge in [-0.3, -0.25) is 14.2 Å². The van der Waals surface area contributed by atoms with E-state index in [1.165, 1.54) is 18.7 Å². The molecule has 0 saturated carbocycles. The van der Waals surface area contributed by atoms with Crippen molar-refractivity contribution in [2.75, 3.05) is 5.75 Å². The van der Waals surface area contributed by atoms with Gasteiger partial charge in [0.25, 0.3) is 0 Å². The van der Waals surface area contributed by atoms with Gasteiger partial charge >= 0.3 is 5.97 Å². The van der Waals surface area contributed by atoms with Crippen LogP contribution in [0.5, 0.6) is 0 Å². The standard InChI is InChI=1S/C15H16ClN3O3S/c1-9-11(16)4-3-5-12(9)19-7-6-17-15(19)23-8-13(20)18-10(2)14(21)22/h3-7,10H,8H2,1-2H3,(H,18,20)(H,21,22). The van der Waals surface area contributed by atoms with Crippen molar-refractivity contribution in [1.82, 2.24) is 14.9 Å². The van der Waals surface area contributed by atoms with Crippen LogP contribution in [-0.2, 0) is 9.59 Å². The van der Waals surface area contributed by atoms with Gasteiger partial charge in [0.15, 0.2) is 5.16 Å². The Balaban J connectivity index is 2.09. The summed E-state index contributed by atoms with van der Waals surface area (Å²) in [5, 5.41) is 12.5. The summed E-state index contributed by atoms with van der Waals surface area (Å²) in [4.78, 5) is 26.7. The number of nitrogens with zero attached hydrogens (tertiary/aromatic N) is 2. The highest BCUT2D eigenvalue weighted by molar-refractivity contribution is 7.99. The first-order valence-electron chi connectivity index (χ1n) is 6.84. The van der Waals surface area contributed by atoms with Gasteiger partial charge in [0.1, 0.15) is 6.04 Å². The largest absolute Gasteiger partial charge is 0.480 e. The number of benzene rings is 1. The predicted octanol–water partition coefficient (Wildman–Crippen LogP) is 2.52. The van der Waals surface area contributed by atoms with E-state index in [1.807, 2.05) is 29.7 Å². The van der Waals surface area contributed by atoms with Crippen LogP contribution in [0.3, 0.4) is 0 Å². The molecule has 1 aromatic heterocycles. The number of carboxylic acids is 1. The lowest BCUT2D eigenvalue weighted by atomic mass is 10.2. The van der Waals surface area contributed by atoms with Crippen LogP contribution in [-0.4, -0.2) is 38.3 Å². The second kappa shape index (κ2) is 7.52. The lowest BCUT2D eigenvalue weighted by Gasteiger charge is -2.12. The first-order chi connectivity index (χ1) is 10.9. The van der Waals surface area contributed by atoms with E-state index in [1.54, 1.807) is 12.4 Å². The molecule has 0 aliphatic carbocycles. The summed E-state index contributed by atoms with van der Waals surface area (Å²) in [5.41, 5.74) is 1.80. The lowest BCUT2D eigenvalue weighted by Crippen LogP contribution is -2.39. The van der Waals surface area contributed by atoms with Crippen LogP contribution in [0.4, 0.5) is 0 Å². The van der Waals surface area contributed by atoms with Crippen LogP contribution >= 0.6 is 23.4 Å². The molecule has 1 aromatic carbocycles. The number of halogens is 1. The third-order valence-electron chi connectivity index (χ3n) is 3.19. The van der Waals surface area contributed by atoms with E-state index in [-0.39, 0.29) is 11.7 Å². The summed E-state index contributed by atoms with van der Waals surface area (Å²) in [6.45, 7) is 3.33. The monoisotopic (exact) mass is 353 g/mol. The maximum atomic E-state index is 11.8. The van der Waals surface area contributed by atoms with Gasteiger partial charge in [-0.15, -0.1) is 0 Å². The smallest absolute Gasteiger partial charge is 0.325 e. The van der Waals surface area contributed by atoms with E-state index in [0.717, 1.165) is 11.3 Å². The van der Waals surface area contributed by atoms with Crippen LogP contribution in [0.15, 0.2) is 35.7 Å². The van der Waals surface area contributed by atoms with Crippen LogP contribution in [0, 0.1) is 6.92 Å². The molecule has 0 radical (unpaired) electrons. The van der Waals surface area contributed by atoms with Crippen LogP contribution in [0.25, 0.3) is 5.69 Å². The number of carbonyl (C=O) groups excluding carboxylic acids is 1. The van der Waals surface area contributed by atoms with E-state index in [9.17, 15) is 9.59 Å². The number of aliphatic carboxylic acids is 1. The van der Waals surface area contributed by atoms with Crippen LogP contribution < -0.4 is 5.32 Å². The Hall–Kier alpha value is -1.99. The highest BCUT2D eigenvalue weighted by Gasteiger charge is 2.16. The summed E-state index contributed by atoms with van der Waals surface area (Å²) in [6, 6.07) is 4.66. The number of amides is 1. The van der Waals surface area contributed by atoms with Crippen molar-refractivity contribution >= 4 is 35.2 Å². The summed E-state index contributed by atoms with van der Waals surface area (Å²) >= 11 is 7.37. The van der Waals surface area contributed by atoms with Crippen molar-refractivity contribution in [2.45, 2.75) is 25.0 Å². The minimum Gasteiger partial charge on any atom is -0.480 e. The average Bonchev–Trinajstić information content (AvgIpc) is 2.96. The number of aromatic nitrogens is 2. The number of nitrogens with one attached hydrogen (secondary N) is 1. The van der Waals surface area contributed by atoms with Gasteiger partial charge in [0.05, 0.1) is 11.4 Å². The highest BCUT2D eigenvalue weighted by Crippen LogP contribution is 2.26. The molecule has 2 N–H and O–H groups in total. The maximum absolute atomic E-state index is 11.8. The molecule has 2 aromatic rings. The molecule has 122 valence electrons. The van der Waals surface area contributed by atoms with Crippen molar-refractivity contribution in [2.24, 2.45) is 0 Å². The molecule has 0 bridgehead atoms. The molecule has 23 heavy (non-hydrogen) atoms. The van der Waals surface area contributed by atoms with E-state index in [0.29, 0.717) is 10.2 Å². The summed E-state index contributed by atoms with van der Waals surface area (Å²) in [7, 11) is 0. The summed E-state index contributed by atoms with van der Waals surface area (Å²) in [6.07, 6.45) is 3.43. The molecular formula is C15H16ClN3O3S. The van der Waals surface area contributed by atoms with Crippen molar-refractivity contribution in [3.8, 4) is 5.69 Å². The molecule has 1 heterocycles. The molecule has 0 aliphatic heterocycles. The number of hydrogen-bond donors (Lipinski definition) is 2. The number of rotatable bonds is 6. The van der Waals surface area contributed by atoms with E-state index in [2.05, 4.69) is 10.3 Å². The minimum absolute atomic E-state index is 0.0776. The minimum atomic E-state index is -1.07. The highest BCUT2D eigenvalue weighted by atomic mass is 35.5. The SMILES string of the molecule is Cc1c(Cl)cccc1-n1ccnc1SCC(=O)NC(C)C(=O)O. The van der Waals surface area contributed by atoms with Gasteiger partial charge in [-0.1, -0.05) is 29.4 Å². The second-order valence-corrected chi connectivity index (χ2v) is 6.23. The number of hydrogen-bond acceptors (Lipinski definition) is 4. The van der Waals surface area contributed by atoms with Crippen LogP contribution in [0.1, 0.15) is 12.5 Å². The van der Waals surface area contributed by atoms with Crippen molar-refractivity contribution in [1.29, 1.82) is 0 Å². The summed E-state index contributed by atoms with van der Waals surface area (Å²) in [5.74, 6) is -1.35. The molecule has 0 fully saturated rings. The normalized spacial score (nSPS) is 12.0.